The lowest BCUT2D eigenvalue weighted by Crippen LogP contribution is -2.09. The number of rotatable bonds is 5. The van der Waals surface area contributed by atoms with Crippen molar-refractivity contribution >= 4 is 17.1 Å². The van der Waals surface area contributed by atoms with E-state index in [-0.39, 0.29) is 30.3 Å². The number of carboxylic acid groups (broad SMARTS) is 1. The molecule has 20 heavy (non-hydrogen) atoms. The van der Waals surface area contributed by atoms with Gasteiger partial charge in [-0.2, -0.15) is 18.2 Å². The Bertz CT molecular complexity index is 621. The van der Waals surface area contributed by atoms with Gasteiger partial charge < -0.3 is 14.3 Å². The number of aromatic nitrogens is 1. The molecule has 2 rings (SSSR count). The number of hydrogen-bond acceptors (Lipinski definition) is 4. The second-order valence-electron chi connectivity index (χ2n) is 4.03. The smallest absolute Gasteiger partial charge is 0.394 e. The molecule has 0 unspecified atom stereocenters. The summed E-state index contributed by atoms with van der Waals surface area (Å²) in [6.45, 7) is -0.182. The lowest BCUT2D eigenvalue weighted by molar-refractivity contribution is -0.136. The van der Waals surface area contributed by atoms with E-state index in [1.165, 1.54) is 18.2 Å². The van der Waals surface area contributed by atoms with E-state index in [4.69, 9.17) is 14.3 Å². The molecule has 2 aromatic rings. The van der Waals surface area contributed by atoms with Crippen LogP contribution in [0.4, 0.5) is 13.2 Å². The number of halogens is 3. The van der Waals surface area contributed by atoms with Gasteiger partial charge in [-0.05, 0) is 24.6 Å². The zero-order valence-electron chi connectivity index (χ0n) is 10.1. The first-order chi connectivity index (χ1) is 9.35. The highest BCUT2D eigenvalue weighted by Gasteiger charge is 2.26. The van der Waals surface area contributed by atoms with Gasteiger partial charge in [0, 0.05) is 6.42 Å². The van der Waals surface area contributed by atoms with E-state index in [1.54, 1.807) is 0 Å². The van der Waals surface area contributed by atoms with E-state index in [9.17, 15) is 18.0 Å². The molecule has 8 heteroatoms. The second kappa shape index (κ2) is 5.40. The molecular formula is C12H10F3NO4. The Morgan fingerprint density at radius 3 is 2.80 bits per heavy atom. The monoisotopic (exact) mass is 289 g/mol. The molecule has 0 fully saturated rings. The highest BCUT2D eigenvalue weighted by molar-refractivity contribution is 5.91. The van der Waals surface area contributed by atoms with Crippen LogP contribution in [0.15, 0.2) is 22.6 Å². The Morgan fingerprint density at radius 2 is 2.15 bits per heavy atom. The van der Waals surface area contributed by atoms with Crippen molar-refractivity contribution in [2.24, 2.45) is 0 Å². The lowest BCUT2D eigenvalue weighted by atomic mass is 10.2. The van der Waals surface area contributed by atoms with Gasteiger partial charge in [0.2, 0.25) is 0 Å². The van der Waals surface area contributed by atoms with Gasteiger partial charge in [-0.3, -0.25) is 0 Å². The number of benzene rings is 1. The first-order valence-electron chi connectivity index (χ1n) is 5.68. The van der Waals surface area contributed by atoms with Crippen molar-refractivity contribution in [1.82, 2.24) is 4.98 Å². The van der Waals surface area contributed by atoms with Crippen LogP contribution >= 0.6 is 0 Å². The minimum absolute atomic E-state index is 0.0253. The van der Waals surface area contributed by atoms with Crippen molar-refractivity contribution in [1.29, 1.82) is 0 Å². The normalized spacial score (nSPS) is 11.8. The van der Waals surface area contributed by atoms with Gasteiger partial charge in [0.05, 0.1) is 12.2 Å². The third-order valence-corrected chi connectivity index (χ3v) is 2.45. The van der Waals surface area contributed by atoms with Gasteiger partial charge in [0.1, 0.15) is 5.52 Å². The van der Waals surface area contributed by atoms with Crippen LogP contribution in [0, 0.1) is 0 Å². The summed E-state index contributed by atoms with van der Waals surface area (Å²) < 4.78 is 45.8. The van der Waals surface area contributed by atoms with E-state index in [0.717, 1.165) is 0 Å². The summed E-state index contributed by atoms with van der Waals surface area (Å²) in [5, 5.41) is 8.80. The Labute approximate surface area is 111 Å². The molecule has 0 amide bonds. The lowest BCUT2D eigenvalue weighted by Gasteiger charge is -2.05. The molecule has 0 saturated heterocycles. The highest BCUT2D eigenvalue weighted by atomic mass is 19.4. The number of carbonyl (C=O) groups is 1. The van der Waals surface area contributed by atoms with Crippen LogP contribution in [0.2, 0.25) is 0 Å². The van der Waals surface area contributed by atoms with E-state index >= 15 is 0 Å². The molecule has 0 aliphatic rings. The number of alkyl halides is 3. The maximum atomic E-state index is 11.9. The Kier molecular flexibility index (Phi) is 3.82. The topological polar surface area (TPSA) is 72.6 Å². The molecule has 1 aromatic heterocycles. The number of carboxylic acids is 1. The average molecular weight is 289 g/mol. The fourth-order valence-corrected chi connectivity index (χ4v) is 1.53. The molecule has 0 atom stereocenters. The molecule has 1 aromatic carbocycles. The first-order valence-corrected chi connectivity index (χ1v) is 5.68. The van der Waals surface area contributed by atoms with Crippen molar-refractivity contribution in [3.8, 4) is 6.08 Å². The van der Waals surface area contributed by atoms with Crippen LogP contribution in [0.25, 0.3) is 11.1 Å². The van der Waals surface area contributed by atoms with E-state index in [1.807, 2.05) is 0 Å². The van der Waals surface area contributed by atoms with Gasteiger partial charge in [-0.25, -0.2) is 4.79 Å². The fourth-order valence-electron chi connectivity index (χ4n) is 1.53. The summed E-state index contributed by atoms with van der Waals surface area (Å²) in [6.07, 6.45) is -5.55. The number of fused-ring (bicyclic) bond motifs is 1. The Balaban J connectivity index is 1.99. The summed E-state index contributed by atoms with van der Waals surface area (Å²) >= 11 is 0. The zero-order chi connectivity index (χ0) is 14.8. The van der Waals surface area contributed by atoms with Crippen molar-refractivity contribution in [3.63, 3.8) is 0 Å². The van der Waals surface area contributed by atoms with Gasteiger partial charge >= 0.3 is 18.2 Å². The zero-order valence-corrected chi connectivity index (χ0v) is 10.1. The molecule has 0 aliphatic carbocycles. The predicted octanol–water partition coefficient (Wildman–Crippen LogP) is 3.25. The molecule has 0 bridgehead atoms. The minimum atomic E-state index is -4.22. The number of hydrogen-bond donors (Lipinski definition) is 1. The second-order valence-corrected chi connectivity index (χ2v) is 4.03. The molecule has 1 N–H and O–H groups in total. The van der Waals surface area contributed by atoms with Crippen LogP contribution in [-0.4, -0.2) is 28.8 Å². The standard InChI is InChI=1S/C12H10F3NO4/c13-12(14,15)4-1-5-19-11-16-8-3-2-7(10(17)18)6-9(8)20-11/h2-3,6H,1,4-5H2,(H,17,18). The number of nitrogens with zero attached hydrogens (tertiary/aromatic N) is 1. The summed E-state index contributed by atoms with van der Waals surface area (Å²) in [5.74, 6) is -1.11. The Morgan fingerprint density at radius 1 is 1.40 bits per heavy atom. The summed E-state index contributed by atoms with van der Waals surface area (Å²) in [4.78, 5) is 14.6. The minimum Gasteiger partial charge on any atom is -0.478 e. The molecule has 0 aliphatic heterocycles. The summed E-state index contributed by atoms with van der Waals surface area (Å²) in [6, 6.07) is 4.05. The molecule has 0 radical (unpaired) electrons. The van der Waals surface area contributed by atoms with Gasteiger partial charge in [0.25, 0.3) is 0 Å². The number of ether oxygens (including phenoxy) is 1. The predicted molar refractivity (Wildman–Crippen MR) is 61.8 cm³/mol. The van der Waals surface area contributed by atoms with Crippen LogP contribution in [0.3, 0.4) is 0 Å². The van der Waals surface area contributed by atoms with Crippen molar-refractivity contribution in [3.05, 3.63) is 23.8 Å². The largest absolute Gasteiger partial charge is 0.478 e. The molecule has 5 nitrogen and oxygen atoms in total. The van der Waals surface area contributed by atoms with Crippen molar-refractivity contribution in [2.75, 3.05) is 6.61 Å². The van der Waals surface area contributed by atoms with E-state index in [2.05, 4.69) is 4.98 Å². The van der Waals surface area contributed by atoms with Gasteiger partial charge in [-0.15, -0.1) is 0 Å². The Hall–Kier alpha value is -2.25. The molecule has 108 valence electrons. The fraction of sp³-hybridized carbons (Fsp3) is 0.333. The van der Waals surface area contributed by atoms with E-state index < -0.39 is 18.6 Å². The van der Waals surface area contributed by atoms with Crippen LogP contribution in [-0.2, 0) is 0 Å². The number of oxazole rings is 1. The highest BCUT2D eigenvalue weighted by Crippen LogP contribution is 2.24. The molecule has 0 spiro atoms. The van der Waals surface area contributed by atoms with E-state index in [0.29, 0.717) is 5.52 Å². The summed E-state index contributed by atoms with van der Waals surface area (Å²) in [7, 11) is 0. The van der Waals surface area contributed by atoms with Crippen molar-refractivity contribution in [2.45, 2.75) is 19.0 Å². The van der Waals surface area contributed by atoms with Crippen LogP contribution in [0.5, 0.6) is 6.08 Å². The van der Waals surface area contributed by atoms with Crippen molar-refractivity contribution < 1.29 is 32.2 Å². The first kappa shape index (κ1) is 14.2. The maximum Gasteiger partial charge on any atom is 0.394 e. The van der Waals surface area contributed by atoms with Crippen LogP contribution < -0.4 is 4.74 Å². The SMILES string of the molecule is O=C(O)c1ccc2nc(OCCCC(F)(F)F)oc2c1. The number of aromatic carboxylic acids is 1. The van der Waals surface area contributed by atoms with Crippen LogP contribution in [0.1, 0.15) is 23.2 Å². The molecule has 1 heterocycles. The third kappa shape index (κ3) is 3.62. The van der Waals surface area contributed by atoms with Gasteiger partial charge in [0.15, 0.2) is 5.58 Å². The van der Waals surface area contributed by atoms with Gasteiger partial charge in [-0.1, -0.05) is 0 Å². The molecular weight excluding hydrogens is 279 g/mol. The average Bonchev–Trinajstić information content (AvgIpc) is 2.75. The molecule has 0 saturated carbocycles. The maximum absolute atomic E-state index is 11.9. The quantitative estimate of drug-likeness (QED) is 0.855. The third-order valence-electron chi connectivity index (χ3n) is 2.45. The summed E-state index contributed by atoms with van der Waals surface area (Å²) in [5.41, 5.74) is 0.605.